The van der Waals surface area contributed by atoms with Crippen molar-refractivity contribution in [2.45, 2.75) is 26.3 Å². The Labute approximate surface area is 216 Å². The lowest BCUT2D eigenvalue weighted by Gasteiger charge is -2.24. The third kappa shape index (κ3) is 4.74. The van der Waals surface area contributed by atoms with Crippen molar-refractivity contribution in [3.05, 3.63) is 102 Å². The average Bonchev–Trinajstić information content (AvgIpc) is 3.15. The molecular formula is C27H25ClN2O5S. The van der Waals surface area contributed by atoms with Gasteiger partial charge in [-0.2, -0.15) is 0 Å². The zero-order valence-corrected chi connectivity index (χ0v) is 21.7. The second kappa shape index (κ2) is 10.6. The molecule has 3 aromatic rings. The predicted molar refractivity (Wildman–Crippen MR) is 140 cm³/mol. The molecule has 7 nitrogen and oxygen atoms in total. The number of esters is 1. The number of benzene rings is 2. The summed E-state index contributed by atoms with van der Waals surface area (Å²) in [5.41, 5.74) is 2.51. The number of hydrogen-bond donors (Lipinski definition) is 1. The summed E-state index contributed by atoms with van der Waals surface area (Å²) in [5, 5.41) is 11.0. The van der Waals surface area contributed by atoms with E-state index in [1.54, 1.807) is 62.4 Å². The molecule has 0 fully saturated rings. The first-order chi connectivity index (χ1) is 17.3. The second-order valence-corrected chi connectivity index (χ2v) is 9.52. The largest absolute Gasteiger partial charge is 0.504 e. The number of phenols is 1. The second-order valence-electron chi connectivity index (χ2n) is 8.08. The molecule has 0 bridgehead atoms. The fraction of sp³-hybridized carbons (Fsp3) is 0.222. The number of ether oxygens (including phenoxy) is 2. The molecule has 1 atom stereocenters. The molecule has 0 saturated heterocycles. The maximum atomic E-state index is 13.7. The van der Waals surface area contributed by atoms with Crippen LogP contribution in [0.3, 0.4) is 0 Å². The topological polar surface area (TPSA) is 90.1 Å². The lowest BCUT2D eigenvalue weighted by Crippen LogP contribution is -2.39. The summed E-state index contributed by atoms with van der Waals surface area (Å²) in [5.74, 6) is -0.188. The number of phenolic OH excluding ortho intramolecular Hbond substituents is 1. The van der Waals surface area contributed by atoms with Crippen LogP contribution >= 0.6 is 22.9 Å². The van der Waals surface area contributed by atoms with Gasteiger partial charge < -0.3 is 14.6 Å². The van der Waals surface area contributed by atoms with Crippen LogP contribution in [0.1, 0.15) is 36.6 Å². The third-order valence-corrected chi connectivity index (χ3v) is 7.00. The monoisotopic (exact) mass is 524 g/mol. The normalized spacial score (nSPS) is 15.3. The van der Waals surface area contributed by atoms with Crippen molar-refractivity contribution in [2.24, 2.45) is 4.99 Å². The fourth-order valence-corrected chi connectivity index (χ4v) is 5.32. The number of halogens is 1. The molecule has 0 unspecified atom stereocenters. The predicted octanol–water partition coefficient (Wildman–Crippen LogP) is 3.89. The van der Waals surface area contributed by atoms with Crippen LogP contribution in [-0.2, 0) is 16.0 Å². The van der Waals surface area contributed by atoms with Crippen molar-refractivity contribution in [3.63, 3.8) is 0 Å². The van der Waals surface area contributed by atoms with E-state index < -0.39 is 12.0 Å². The standard InChI is InChI=1S/C27H25ClN2O5S/c1-5-7-18-12-16(13-20(34-4)24(18)31)14-21-25(32)30-23(17-8-10-19(28)11-9-17)22(26(33)35-6-2)15(3)29-27(30)36-21/h5,8-14,23,31H,1,6-7H2,2-4H3/b21-14+/t23-/m1/s1. The van der Waals surface area contributed by atoms with E-state index in [2.05, 4.69) is 11.6 Å². The molecule has 2 heterocycles. The van der Waals surface area contributed by atoms with Gasteiger partial charge in [0.2, 0.25) is 0 Å². The number of aromatic nitrogens is 1. The molecule has 1 aliphatic rings. The first kappa shape index (κ1) is 25.5. The average molecular weight is 525 g/mol. The molecule has 36 heavy (non-hydrogen) atoms. The highest BCUT2D eigenvalue weighted by molar-refractivity contribution is 7.07. The molecule has 9 heteroatoms. The number of aromatic hydroxyl groups is 1. The summed E-state index contributed by atoms with van der Waals surface area (Å²) in [6, 6.07) is 9.73. The van der Waals surface area contributed by atoms with Crippen LogP contribution in [0.2, 0.25) is 5.02 Å². The molecule has 0 aliphatic carbocycles. The highest BCUT2D eigenvalue weighted by atomic mass is 35.5. The maximum Gasteiger partial charge on any atom is 0.338 e. The summed E-state index contributed by atoms with van der Waals surface area (Å²) >= 11 is 7.32. The molecule has 0 spiro atoms. The summed E-state index contributed by atoms with van der Waals surface area (Å²) < 4.78 is 12.6. The Bertz CT molecular complexity index is 1550. The fourth-order valence-electron chi connectivity index (χ4n) is 4.14. The van der Waals surface area contributed by atoms with Gasteiger partial charge in [-0.05, 0) is 61.7 Å². The Morgan fingerprint density at radius 1 is 1.31 bits per heavy atom. The van der Waals surface area contributed by atoms with Crippen molar-refractivity contribution in [1.29, 1.82) is 0 Å². The molecule has 0 saturated carbocycles. The maximum absolute atomic E-state index is 13.7. The van der Waals surface area contributed by atoms with Crippen LogP contribution in [-0.4, -0.2) is 29.4 Å². The number of fused-ring (bicyclic) bond motifs is 1. The van der Waals surface area contributed by atoms with E-state index in [0.717, 1.165) is 0 Å². The molecule has 4 rings (SSSR count). The van der Waals surface area contributed by atoms with Gasteiger partial charge in [-0.25, -0.2) is 9.79 Å². The molecule has 1 aromatic heterocycles. The van der Waals surface area contributed by atoms with Gasteiger partial charge >= 0.3 is 5.97 Å². The van der Waals surface area contributed by atoms with Crippen LogP contribution < -0.4 is 19.6 Å². The lowest BCUT2D eigenvalue weighted by molar-refractivity contribution is -0.139. The Balaban J connectivity index is 1.94. The first-order valence-electron chi connectivity index (χ1n) is 11.2. The van der Waals surface area contributed by atoms with E-state index in [1.165, 1.54) is 23.0 Å². The summed E-state index contributed by atoms with van der Waals surface area (Å²) in [7, 11) is 1.47. The summed E-state index contributed by atoms with van der Waals surface area (Å²) in [6.45, 7) is 7.39. The Kier molecular flexibility index (Phi) is 7.47. The van der Waals surface area contributed by atoms with Gasteiger partial charge in [0.15, 0.2) is 16.3 Å². The Hall–Kier alpha value is -3.62. The SMILES string of the molecule is C=CCc1cc(/C=c2/sc3n(c2=O)[C@H](c2ccc(Cl)cc2)C(C(=O)OCC)=C(C)N=3)cc(OC)c1O. The highest BCUT2D eigenvalue weighted by Gasteiger charge is 2.33. The van der Waals surface area contributed by atoms with E-state index >= 15 is 0 Å². The minimum atomic E-state index is -0.717. The minimum Gasteiger partial charge on any atom is -0.504 e. The summed E-state index contributed by atoms with van der Waals surface area (Å²) in [6.07, 6.45) is 3.84. The smallest absolute Gasteiger partial charge is 0.338 e. The number of allylic oxidation sites excluding steroid dienone is 2. The number of carbonyl (C=O) groups is 1. The van der Waals surface area contributed by atoms with Gasteiger partial charge in [-0.15, -0.1) is 6.58 Å². The van der Waals surface area contributed by atoms with Crippen molar-refractivity contribution < 1.29 is 19.4 Å². The van der Waals surface area contributed by atoms with E-state index in [4.69, 9.17) is 21.1 Å². The number of thiazole rings is 1. The number of carbonyl (C=O) groups excluding carboxylic acids is 1. The van der Waals surface area contributed by atoms with E-state index in [-0.39, 0.29) is 17.9 Å². The van der Waals surface area contributed by atoms with Crippen LogP contribution in [0.15, 0.2) is 70.1 Å². The van der Waals surface area contributed by atoms with E-state index in [1.807, 2.05) is 0 Å². The molecule has 1 N–H and O–H groups in total. The Morgan fingerprint density at radius 3 is 2.67 bits per heavy atom. The minimum absolute atomic E-state index is 0.0356. The summed E-state index contributed by atoms with van der Waals surface area (Å²) in [4.78, 5) is 31.7. The van der Waals surface area contributed by atoms with Gasteiger partial charge in [-0.1, -0.05) is 41.1 Å². The molecule has 0 radical (unpaired) electrons. The zero-order valence-electron chi connectivity index (χ0n) is 20.1. The van der Waals surface area contributed by atoms with Gasteiger partial charge in [-0.3, -0.25) is 9.36 Å². The molecule has 2 aromatic carbocycles. The van der Waals surface area contributed by atoms with Crippen molar-refractivity contribution >= 4 is 35.0 Å². The molecular weight excluding hydrogens is 500 g/mol. The zero-order chi connectivity index (χ0) is 26.0. The number of rotatable bonds is 7. The van der Waals surface area contributed by atoms with Gasteiger partial charge in [0.05, 0.1) is 35.6 Å². The molecule has 0 amide bonds. The van der Waals surface area contributed by atoms with Crippen LogP contribution in [0.25, 0.3) is 6.08 Å². The quantitative estimate of drug-likeness (QED) is 0.374. The number of methoxy groups -OCH3 is 1. The van der Waals surface area contributed by atoms with E-state index in [9.17, 15) is 14.7 Å². The van der Waals surface area contributed by atoms with E-state index in [0.29, 0.717) is 54.5 Å². The first-order valence-corrected chi connectivity index (χ1v) is 12.4. The van der Waals surface area contributed by atoms with Crippen molar-refractivity contribution in [3.8, 4) is 11.5 Å². The number of nitrogens with zero attached hydrogens (tertiary/aromatic N) is 2. The van der Waals surface area contributed by atoms with Gasteiger partial charge in [0.1, 0.15) is 0 Å². The number of hydrogen-bond acceptors (Lipinski definition) is 7. The third-order valence-electron chi connectivity index (χ3n) is 5.76. The van der Waals surface area contributed by atoms with Crippen LogP contribution in [0, 0.1) is 0 Å². The Morgan fingerprint density at radius 2 is 2.03 bits per heavy atom. The molecule has 1 aliphatic heterocycles. The van der Waals surface area contributed by atoms with Crippen molar-refractivity contribution in [2.75, 3.05) is 13.7 Å². The highest BCUT2D eigenvalue weighted by Crippen LogP contribution is 2.33. The lowest BCUT2D eigenvalue weighted by atomic mass is 9.96. The van der Waals surface area contributed by atoms with Crippen LogP contribution in [0.4, 0.5) is 0 Å². The van der Waals surface area contributed by atoms with Gasteiger partial charge in [0.25, 0.3) is 5.56 Å². The van der Waals surface area contributed by atoms with Crippen molar-refractivity contribution in [1.82, 2.24) is 4.57 Å². The molecule has 186 valence electrons. The van der Waals surface area contributed by atoms with Gasteiger partial charge in [0, 0.05) is 10.6 Å². The van der Waals surface area contributed by atoms with Crippen LogP contribution in [0.5, 0.6) is 11.5 Å².